The van der Waals surface area contributed by atoms with E-state index in [0.717, 1.165) is 5.56 Å². The van der Waals surface area contributed by atoms with Gasteiger partial charge in [0, 0.05) is 30.6 Å². The Morgan fingerprint density at radius 3 is 2.69 bits per heavy atom. The first-order valence-corrected chi connectivity index (χ1v) is 11.4. The van der Waals surface area contributed by atoms with Gasteiger partial charge in [-0.3, -0.25) is 9.36 Å². The molecule has 1 aromatic carbocycles. The van der Waals surface area contributed by atoms with Gasteiger partial charge in [0.1, 0.15) is 25.0 Å². The van der Waals surface area contributed by atoms with Crippen LogP contribution in [-0.2, 0) is 17.9 Å². The predicted molar refractivity (Wildman–Crippen MR) is 123 cm³/mol. The highest BCUT2D eigenvalue weighted by Gasteiger charge is 2.32. The number of amides is 1. The molecule has 1 aliphatic heterocycles. The maximum atomic E-state index is 14.4. The van der Waals surface area contributed by atoms with E-state index in [4.69, 9.17) is 4.74 Å². The molecule has 13 heteroatoms. The van der Waals surface area contributed by atoms with Crippen molar-refractivity contribution < 1.29 is 27.1 Å². The van der Waals surface area contributed by atoms with Gasteiger partial charge in [-0.15, -0.1) is 0 Å². The Morgan fingerprint density at radius 2 is 1.97 bits per heavy atom. The Labute approximate surface area is 205 Å². The van der Waals surface area contributed by atoms with Crippen molar-refractivity contribution in [2.45, 2.75) is 38.0 Å². The number of hydrogen-bond donors (Lipinski definition) is 1. The number of anilines is 1. The third kappa shape index (κ3) is 6.27. The van der Waals surface area contributed by atoms with Crippen LogP contribution in [0.1, 0.15) is 12.0 Å². The molecule has 1 aliphatic rings. The van der Waals surface area contributed by atoms with E-state index in [1.165, 1.54) is 17.2 Å². The number of aromatic nitrogens is 3. The number of pyridine rings is 1. The van der Waals surface area contributed by atoms with Crippen LogP contribution in [-0.4, -0.2) is 57.0 Å². The lowest BCUT2D eigenvalue weighted by molar-refractivity contribution is -0.140. The molecular formula is C22H20BrF4N5O3. The highest BCUT2D eigenvalue weighted by molar-refractivity contribution is 9.10. The van der Waals surface area contributed by atoms with Crippen LogP contribution in [0.25, 0.3) is 11.0 Å². The van der Waals surface area contributed by atoms with Crippen LogP contribution in [0.5, 0.6) is 0 Å². The standard InChI is InChI=1S/C22H20BrF4N5O3/c23-17-6-14-8-28-20(30-18(14)32(19(17)33)12-22(25,26)27)29-16-7-15(24)9-31(10-16)21(34)35-11-13-4-2-1-3-5-13/h1-6,8,15-16H,7,9-12H2,(H,28,29,30)/t15-,16-/m0/s1. The number of carbonyl (C=O) groups excluding carboxylic acids is 1. The van der Waals surface area contributed by atoms with E-state index in [1.54, 1.807) is 24.3 Å². The van der Waals surface area contributed by atoms with Crippen molar-refractivity contribution in [3.63, 3.8) is 0 Å². The van der Waals surface area contributed by atoms with E-state index >= 15 is 0 Å². The second-order valence-corrected chi connectivity index (χ2v) is 8.95. The van der Waals surface area contributed by atoms with Gasteiger partial charge in [0.05, 0.1) is 11.0 Å². The molecule has 35 heavy (non-hydrogen) atoms. The average molecular weight is 558 g/mol. The van der Waals surface area contributed by atoms with Gasteiger partial charge in [-0.1, -0.05) is 30.3 Å². The summed E-state index contributed by atoms with van der Waals surface area (Å²) in [5, 5.41) is 3.08. The van der Waals surface area contributed by atoms with E-state index in [1.807, 2.05) is 6.07 Å². The van der Waals surface area contributed by atoms with Crippen LogP contribution in [0.2, 0.25) is 0 Å². The van der Waals surface area contributed by atoms with E-state index in [2.05, 4.69) is 31.2 Å². The van der Waals surface area contributed by atoms with Crippen molar-refractivity contribution in [2.24, 2.45) is 0 Å². The number of nitrogens with zero attached hydrogens (tertiary/aromatic N) is 4. The number of rotatable bonds is 5. The Balaban J connectivity index is 1.50. The average Bonchev–Trinajstić information content (AvgIpc) is 2.80. The molecule has 8 nitrogen and oxygen atoms in total. The molecule has 0 bridgehead atoms. The summed E-state index contributed by atoms with van der Waals surface area (Å²) in [7, 11) is 0. The molecule has 0 aliphatic carbocycles. The minimum atomic E-state index is -4.65. The van der Waals surface area contributed by atoms with Crippen LogP contribution in [0, 0.1) is 0 Å². The summed E-state index contributed by atoms with van der Waals surface area (Å²) in [4.78, 5) is 34.2. The normalized spacial score (nSPS) is 18.5. The van der Waals surface area contributed by atoms with Crippen molar-refractivity contribution in [1.82, 2.24) is 19.4 Å². The van der Waals surface area contributed by atoms with Gasteiger partial charge in [-0.25, -0.2) is 14.2 Å². The number of carbonyl (C=O) groups is 1. The second-order valence-electron chi connectivity index (χ2n) is 8.09. The van der Waals surface area contributed by atoms with Gasteiger partial charge in [-0.2, -0.15) is 18.2 Å². The summed E-state index contributed by atoms with van der Waals surface area (Å²) in [6.45, 7) is -1.57. The Bertz CT molecular complexity index is 1270. The lowest BCUT2D eigenvalue weighted by Crippen LogP contribution is -2.50. The number of nitrogens with one attached hydrogen (secondary N) is 1. The molecule has 0 spiro atoms. The molecule has 2 aromatic heterocycles. The minimum Gasteiger partial charge on any atom is -0.445 e. The van der Waals surface area contributed by atoms with Gasteiger partial charge in [-0.05, 0) is 27.6 Å². The fourth-order valence-corrected chi connectivity index (χ4v) is 4.26. The van der Waals surface area contributed by atoms with Gasteiger partial charge in [0.25, 0.3) is 5.56 Å². The number of likely N-dealkylation sites (tertiary alicyclic amines) is 1. The molecule has 0 saturated carbocycles. The highest BCUT2D eigenvalue weighted by atomic mass is 79.9. The molecule has 4 rings (SSSR count). The molecule has 3 heterocycles. The first-order valence-electron chi connectivity index (χ1n) is 10.6. The van der Waals surface area contributed by atoms with E-state index < -0.39 is 36.6 Å². The van der Waals surface area contributed by atoms with Crippen molar-refractivity contribution in [3.8, 4) is 0 Å². The van der Waals surface area contributed by atoms with Gasteiger partial charge in [0.2, 0.25) is 5.95 Å². The SMILES string of the molecule is O=C(OCc1ccccc1)N1C[C@@H](F)C[C@H](Nc2ncc3cc(Br)c(=O)n(CC(F)(F)F)c3n2)C1. The first kappa shape index (κ1) is 24.9. The molecule has 1 amide bonds. The van der Waals surface area contributed by atoms with Crippen molar-refractivity contribution in [1.29, 1.82) is 0 Å². The Kier molecular flexibility index (Phi) is 7.24. The third-order valence-corrected chi connectivity index (χ3v) is 5.88. The number of ether oxygens (including phenoxy) is 1. The molecular weight excluding hydrogens is 538 g/mol. The fourth-order valence-electron chi connectivity index (χ4n) is 3.80. The molecule has 186 valence electrons. The molecule has 0 radical (unpaired) electrons. The fraction of sp³-hybridized carbons (Fsp3) is 0.364. The summed E-state index contributed by atoms with van der Waals surface area (Å²) >= 11 is 2.96. The first-order chi connectivity index (χ1) is 16.6. The van der Waals surface area contributed by atoms with Crippen molar-refractivity contribution in [2.75, 3.05) is 18.4 Å². The van der Waals surface area contributed by atoms with Gasteiger partial charge >= 0.3 is 12.3 Å². The van der Waals surface area contributed by atoms with Gasteiger partial charge < -0.3 is 15.0 Å². The highest BCUT2D eigenvalue weighted by Crippen LogP contribution is 2.23. The lowest BCUT2D eigenvalue weighted by Gasteiger charge is -2.34. The number of benzene rings is 1. The van der Waals surface area contributed by atoms with Crippen molar-refractivity contribution in [3.05, 3.63) is 63.0 Å². The topological polar surface area (TPSA) is 89.4 Å². The molecule has 3 aromatic rings. The summed E-state index contributed by atoms with van der Waals surface area (Å²) < 4.78 is 59.3. The molecule has 1 saturated heterocycles. The number of hydrogen-bond acceptors (Lipinski definition) is 6. The number of halogens is 5. The van der Waals surface area contributed by atoms with E-state index in [0.29, 0.717) is 4.57 Å². The molecule has 1 fully saturated rings. The van der Waals surface area contributed by atoms with E-state index in [-0.39, 0.29) is 47.6 Å². The Morgan fingerprint density at radius 1 is 1.23 bits per heavy atom. The monoisotopic (exact) mass is 557 g/mol. The van der Waals surface area contributed by atoms with Crippen LogP contribution < -0.4 is 10.9 Å². The summed E-state index contributed by atoms with van der Waals surface area (Å²) in [6.07, 6.45) is -5.40. The van der Waals surface area contributed by atoms with Crippen molar-refractivity contribution >= 4 is 39.0 Å². The number of fused-ring (bicyclic) bond motifs is 1. The molecule has 1 N–H and O–H groups in total. The zero-order valence-corrected chi connectivity index (χ0v) is 19.7. The van der Waals surface area contributed by atoms with Gasteiger partial charge in [0.15, 0.2) is 0 Å². The van der Waals surface area contributed by atoms with Crippen LogP contribution >= 0.6 is 15.9 Å². The maximum absolute atomic E-state index is 14.4. The summed E-state index contributed by atoms with van der Waals surface area (Å²) in [5.74, 6) is -0.0909. The van der Waals surface area contributed by atoms with Crippen LogP contribution in [0.4, 0.5) is 28.3 Å². The second kappa shape index (κ2) is 10.2. The predicted octanol–water partition coefficient (Wildman–Crippen LogP) is 4.28. The third-order valence-electron chi connectivity index (χ3n) is 5.32. The van der Waals surface area contributed by atoms with E-state index in [9.17, 15) is 27.2 Å². The maximum Gasteiger partial charge on any atom is 0.410 e. The largest absolute Gasteiger partial charge is 0.445 e. The lowest BCUT2D eigenvalue weighted by atomic mass is 10.0. The Hall–Kier alpha value is -3.22. The van der Waals surface area contributed by atoms with Crippen LogP contribution in [0.15, 0.2) is 51.9 Å². The summed E-state index contributed by atoms with van der Waals surface area (Å²) in [6, 6.07) is 9.72. The zero-order chi connectivity index (χ0) is 25.2. The zero-order valence-electron chi connectivity index (χ0n) is 18.1. The molecule has 0 unspecified atom stereocenters. The number of alkyl halides is 4. The van der Waals surface area contributed by atoms with Crippen LogP contribution in [0.3, 0.4) is 0 Å². The molecule has 2 atom stereocenters. The minimum absolute atomic E-state index is 0.0273. The smallest absolute Gasteiger partial charge is 0.410 e. The summed E-state index contributed by atoms with van der Waals surface area (Å²) in [5.41, 5.74) is -0.335. The number of piperidine rings is 1. The quantitative estimate of drug-likeness (QED) is 0.471.